The zero-order chi connectivity index (χ0) is 9.56. The minimum Gasteiger partial charge on any atom is -0.469 e. The zero-order valence-electron chi connectivity index (χ0n) is 6.96. The summed E-state index contributed by atoms with van der Waals surface area (Å²) in [4.78, 5) is 31.3. The molecule has 0 aliphatic carbocycles. The Labute approximate surface area is 69.6 Å². The van der Waals surface area contributed by atoms with Crippen molar-refractivity contribution in [1.82, 2.24) is 0 Å². The molecule has 0 bridgehead atoms. The molecule has 0 aliphatic rings. The number of rotatable bonds is 3. The summed E-state index contributed by atoms with van der Waals surface area (Å²) in [6, 6.07) is 0. The molecule has 0 amide bonds. The lowest BCUT2D eigenvalue weighted by Gasteiger charge is -1.98. The van der Waals surface area contributed by atoms with E-state index in [0.717, 1.165) is 6.92 Å². The first-order valence-electron chi connectivity index (χ1n) is 3.34. The van der Waals surface area contributed by atoms with Crippen molar-refractivity contribution in [3.63, 3.8) is 0 Å². The van der Waals surface area contributed by atoms with Crippen LogP contribution in [0.4, 0.5) is 0 Å². The van der Waals surface area contributed by atoms with Gasteiger partial charge in [0.05, 0.1) is 20.0 Å². The summed E-state index contributed by atoms with van der Waals surface area (Å²) < 4.78 is 8.43. The molecule has 0 heterocycles. The van der Waals surface area contributed by atoms with Gasteiger partial charge in [-0.3, -0.25) is 14.4 Å². The number of ether oxygens (including phenoxy) is 2. The molecule has 0 unspecified atom stereocenters. The summed E-state index contributed by atoms with van der Waals surface area (Å²) in [6.07, 6.45) is -0.200. The Morgan fingerprint density at radius 3 is 2.00 bits per heavy atom. The maximum absolute atomic E-state index is 10.6. The highest BCUT2D eigenvalue weighted by Gasteiger charge is 2.09. The fourth-order valence-electron chi connectivity index (χ4n) is 0.518. The molecule has 0 rings (SSSR count). The monoisotopic (exact) mass is 174 g/mol. The van der Waals surface area contributed by atoms with Crippen molar-refractivity contribution in [3.8, 4) is 0 Å². The molecule has 0 radical (unpaired) electrons. The predicted octanol–water partition coefficient (Wildman–Crippen LogP) is 0.0293. The lowest BCUT2D eigenvalue weighted by atomic mass is 10.3. The van der Waals surface area contributed by atoms with Crippen LogP contribution >= 0.6 is 0 Å². The molecule has 0 spiro atoms. The third-order valence-electron chi connectivity index (χ3n) is 1.02. The minimum atomic E-state index is -0.715. The van der Waals surface area contributed by atoms with Crippen molar-refractivity contribution in [3.05, 3.63) is 0 Å². The van der Waals surface area contributed by atoms with E-state index in [4.69, 9.17) is 0 Å². The van der Waals surface area contributed by atoms with E-state index in [1.54, 1.807) is 0 Å². The number of esters is 3. The number of hydrogen-bond donors (Lipinski definition) is 0. The highest BCUT2D eigenvalue weighted by Crippen LogP contribution is 1.94. The number of hydrogen-bond acceptors (Lipinski definition) is 5. The van der Waals surface area contributed by atoms with Gasteiger partial charge in [0, 0.05) is 6.92 Å². The Kier molecular flexibility index (Phi) is 4.67. The van der Waals surface area contributed by atoms with E-state index in [9.17, 15) is 14.4 Å². The van der Waals surface area contributed by atoms with Crippen molar-refractivity contribution in [2.24, 2.45) is 0 Å². The fourth-order valence-corrected chi connectivity index (χ4v) is 0.518. The highest BCUT2D eigenvalue weighted by atomic mass is 16.6. The van der Waals surface area contributed by atoms with Gasteiger partial charge in [-0.25, -0.2) is 0 Å². The summed E-state index contributed by atoms with van der Waals surface area (Å²) >= 11 is 0. The van der Waals surface area contributed by atoms with E-state index in [-0.39, 0.29) is 12.8 Å². The van der Waals surface area contributed by atoms with Crippen LogP contribution in [0.3, 0.4) is 0 Å². The SMILES string of the molecule is COC(=O)CCC(=O)OC(C)=O. The number of carbonyl (C=O) groups excluding carboxylic acids is 3. The molecule has 0 N–H and O–H groups in total. The molecule has 0 aromatic carbocycles. The first-order valence-corrected chi connectivity index (χ1v) is 3.34. The van der Waals surface area contributed by atoms with Gasteiger partial charge in [0.25, 0.3) is 0 Å². The van der Waals surface area contributed by atoms with Crippen LogP contribution in [0.5, 0.6) is 0 Å². The van der Waals surface area contributed by atoms with Crippen molar-refractivity contribution in [2.75, 3.05) is 7.11 Å². The summed E-state index contributed by atoms with van der Waals surface area (Å²) in [5.74, 6) is -1.90. The Balaban J connectivity index is 3.57. The average Bonchev–Trinajstić information content (AvgIpc) is 1.99. The van der Waals surface area contributed by atoms with Crippen LogP contribution in [-0.4, -0.2) is 25.0 Å². The van der Waals surface area contributed by atoms with Gasteiger partial charge in [-0.15, -0.1) is 0 Å². The molecule has 0 aliphatic heterocycles. The first kappa shape index (κ1) is 10.6. The van der Waals surface area contributed by atoms with Crippen molar-refractivity contribution in [1.29, 1.82) is 0 Å². The molecule has 0 aromatic heterocycles. The smallest absolute Gasteiger partial charge is 0.314 e. The second-order valence-electron chi connectivity index (χ2n) is 2.04. The minimum absolute atomic E-state index is 0.0669. The molecule has 68 valence electrons. The normalized spacial score (nSPS) is 8.83. The van der Waals surface area contributed by atoms with Crippen LogP contribution in [0.15, 0.2) is 0 Å². The van der Waals surface area contributed by atoms with E-state index < -0.39 is 17.9 Å². The van der Waals surface area contributed by atoms with Crippen LogP contribution in [0.1, 0.15) is 19.8 Å². The Hall–Kier alpha value is -1.39. The van der Waals surface area contributed by atoms with Crippen molar-refractivity contribution < 1.29 is 23.9 Å². The molecule has 0 fully saturated rings. The largest absolute Gasteiger partial charge is 0.469 e. The Morgan fingerprint density at radius 2 is 1.58 bits per heavy atom. The van der Waals surface area contributed by atoms with Gasteiger partial charge < -0.3 is 9.47 Å². The zero-order valence-corrected chi connectivity index (χ0v) is 6.96. The summed E-state index contributed by atoms with van der Waals surface area (Å²) in [7, 11) is 1.22. The Bertz CT molecular complexity index is 196. The standard InChI is InChI=1S/C7H10O5/c1-5(8)12-7(10)4-3-6(9)11-2/h3-4H2,1-2H3. The fraction of sp³-hybridized carbons (Fsp3) is 0.571. The third-order valence-corrected chi connectivity index (χ3v) is 1.02. The lowest BCUT2D eigenvalue weighted by Crippen LogP contribution is -2.11. The average molecular weight is 174 g/mol. The van der Waals surface area contributed by atoms with Crippen LogP contribution in [0.2, 0.25) is 0 Å². The predicted molar refractivity (Wildman–Crippen MR) is 38.0 cm³/mol. The van der Waals surface area contributed by atoms with Gasteiger partial charge in [0.15, 0.2) is 0 Å². The van der Waals surface area contributed by atoms with Crippen LogP contribution in [0.25, 0.3) is 0 Å². The first-order chi connectivity index (χ1) is 5.56. The van der Waals surface area contributed by atoms with E-state index >= 15 is 0 Å². The summed E-state index contributed by atoms with van der Waals surface area (Å²) in [5, 5.41) is 0. The van der Waals surface area contributed by atoms with Crippen LogP contribution in [-0.2, 0) is 23.9 Å². The van der Waals surface area contributed by atoms with Crippen LogP contribution in [0, 0.1) is 0 Å². The highest BCUT2D eigenvalue weighted by molar-refractivity contribution is 5.86. The van der Waals surface area contributed by atoms with E-state index in [2.05, 4.69) is 9.47 Å². The molecule has 5 heteroatoms. The molecule has 0 aromatic rings. The Morgan fingerprint density at radius 1 is 1.08 bits per heavy atom. The topological polar surface area (TPSA) is 69.7 Å². The van der Waals surface area contributed by atoms with Crippen molar-refractivity contribution >= 4 is 17.9 Å². The number of methoxy groups -OCH3 is 1. The third kappa shape index (κ3) is 5.40. The molecule has 0 saturated carbocycles. The molecule has 0 saturated heterocycles. The second kappa shape index (κ2) is 5.29. The van der Waals surface area contributed by atoms with Crippen molar-refractivity contribution in [2.45, 2.75) is 19.8 Å². The number of carbonyl (C=O) groups is 3. The molecule has 12 heavy (non-hydrogen) atoms. The lowest BCUT2D eigenvalue weighted by molar-refractivity contribution is -0.159. The van der Waals surface area contributed by atoms with Gasteiger partial charge in [-0.2, -0.15) is 0 Å². The summed E-state index contributed by atoms with van der Waals surface area (Å²) in [6.45, 7) is 1.12. The van der Waals surface area contributed by atoms with E-state index in [1.807, 2.05) is 0 Å². The maximum Gasteiger partial charge on any atom is 0.314 e. The molecular formula is C7H10O5. The van der Waals surface area contributed by atoms with Gasteiger partial charge in [0.2, 0.25) is 0 Å². The van der Waals surface area contributed by atoms with E-state index in [1.165, 1.54) is 7.11 Å². The second-order valence-corrected chi connectivity index (χ2v) is 2.04. The van der Waals surface area contributed by atoms with Gasteiger partial charge >= 0.3 is 17.9 Å². The molecule has 0 atom stereocenters. The van der Waals surface area contributed by atoms with Gasteiger partial charge in [-0.1, -0.05) is 0 Å². The molecular weight excluding hydrogens is 164 g/mol. The van der Waals surface area contributed by atoms with E-state index in [0.29, 0.717) is 0 Å². The van der Waals surface area contributed by atoms with Gasteiger partial charge in [-0.05, 0) is 0 Å². The quantitative estimate of drug-likeness (QED) is 0.446. The summed E-state index contributed by atoms with van der Waals surface area (Å²) in [5.41, 5.74) is 0. The molecule has 5 nitrogen and oxygen atoms in total. The maximum atomic E-state index is 10.6. The van der Waals surface area contributed by atoms with Crippen LogP contribution < -0.4 is 0 Å². The van der Waals surface area contributed by atoms with Gasteiger partial charge in [0.1, 0.15) is 0 Å².